The zero-order valence-electron chi connectivity index (χ0n) is 25.1. The maximum atomic E-state index is 15.2. The maximum absolute atomic E-state index is 15.2. The second-order valence-electron chi connectivity index (χ2n) is 12.2. The van der Waals surface area contributed by atoms with Crippen molar-refractivity contribution in [3.05, 3.63) is 65.9 Å². The molecule has 0 atom stereocenters. The minimum Gasteiger partial charge on any atom is -0.383 e. The predicted octanol–water partition coefficient (Wildman–Crippen LogP) is 5.43. The highest BCUT2D eigenvalue weighted by molar-refractivity contribution is 7.90. The fourth-order valence-electron chi connectivity index (χ4n) is 6.04. The number of urea groups is 1. The van der Waals surface area contributed by atoms with Gasteiger partial charge in [0, 0.05) is 56.2 Å². The molecule has 1 saturated heterocycles. The van der Waals surface area contributed by atoms with E-state index in [4.69, 9.17) is 5.73 Å². The molecule has 0 unspecified atom stereocenters. The highest BCUT2D eigenvalue weighted by atomic mass is 32.2. The number of nitrogens with two attached hydrogens (primary N) is 1. The van der Waals surface area contributed by atoms with Crippen LogP contribution in [-0.2, 0) is 22.7 Å². The number of alkyl halides is 3. The molecular formula is C31H32F4N8O3S. The largest absolute Gasteiger partial charge is 0.416 e. The number of nitrogen functional groups attached to an aromatic ring is 1. The van der Waals surface area contributed by atoms with Gasteiger partial charge in [0.15, 0.2) is 0 Å². The molecule has 0 bridgehead atoms. The molecule has 16 heteroatoms. The molecule has 11 nitrogen and oxygen atoms in total. The van der Waals surface area contributed by atoms with Crippen molar-refractivity contribution >= 4 is 44.3 Å². The monoisotopic (exact) mass is 672 g/mol. The number of nitrogens with zero attached hydrogens (tertiary/aromatic N) is 5. The van der Waals surface area contributed by atoms with E-state index in [2.05, 4.69) is 20.6 Å². The number of fused-ring (bicyclic) bond motifs is 1. The number of amides is 2. The molecule has 0 spiro atoms. The van der Waals surface area contributed by atoms with Crippen molar-refractivity contribution in [2.75, 3.05) is 42.5 Å². The molecule has 1 aliphatic heterocycles. The van der Waals surface area contributed by atoms with Gasteiger partial charge in [-0.15, -0.1) is 0 Å². The van der Waals surface area contributed by atoms with E-state index in [0.717, 1.165) is 18.9 Å². The average Bonchev–Trinajstić information content (AvgIpc) is 3.96. The van der Waals surface area contributed by atoms with E-state index in [9.17, 15) is 26.4 Å². The van der Waals surface area contributed by atoms with Crippen LogP contribution in [0.1, 0.15) is 42.9 Å². The number of carbonyl (C=O) groups is 1. The lowest BCUT2D eigenvalue weighted by molar-refractivity contribution is -0.138. The van der Waals surface area contributed by atoms with Crippen molar-refractivity contribution in [3.8, 4) is 11.1 Å². The summed E-state index contributed by atoms with van der Waals surface area (Å²) in [5, 5.41) is 4.99. The number of aromatic nitrogens is 3. The molecule has 3 fully saturated rings. The van der Waals surface area contributed by atoms with Crippen LogP contribution in [0, 0.1) is 5.82 Å². The van der Waals surface area contributed by atoms with Crippen LogP contribution in [0.3, 0.4) is 0 Å². The third-order valence-corrected chi connectivity index (χ3v) is 11.2. The standard InChI is InChI=1S/C31H32F4N8O3S/c32-25-13-18(23-16-43(21-4-5-21)29-27(23)28(36)37-17-38-29)2-8-26(25)40-30(44)39-20-3-1-19(24(14-20)31(33,34)35)15-41-9-11-42(12-10-41)47(45,46)22-6-7-22/h1-3,8,13-14,16-17,21-22H,4-7,9-12,15H2,(H2,36,37,38)(H2,39,40,44). The van der Waals surface area contributed by atoms with Crippen LogP contribution in [0.5, 0.6) is 0 Å². The Hall–Kier alpha value is -4.28. The summed E-state index contributed by atoms with van der Waals surface area (Å²) in [6.45, 7) is 1.03. The number of hydrogen-bond donors (Lipinski definition) is 3. The van der Waals surface area contributed by atoms with E-state index in [-0.39, 0.29) is 53.7 Å². The molecule has 2 aromatic heterocycles. The number of hydrogen-bond acceptors (Lipinski definition) is 7. The topological polar surface area (TPSA) is 138 Å². The molecule has 248 valence electrons. The Morgan fingerprint density at radius 2 is 1.72 bits per heavy atom. The van der Waals surface area contributed by atoms with E-state index < -0.39 is 33.6 Å². The van der Waals surface area contributed by atoms with Crippen LogP contribution < -0.4 is 16.4 Å². The van der Waals surface area contributed by atoms with Gasteiger partial charge in [0.1, 0.15) is 23.6 Å². The van der Waals surface area contributed by atoms with Gasteiger partial charge in [-0.05, 0) is 61.1 Å². The smallest absolute Gasteiger partial charge is 0.383 e. The van der Waals surface area contributed by atoms with Crippen LogP contribution in [0.15, 0.2) is 48.9 Å². The Balaban J connectivity index is 1.03. The highest BCUT2D eigenvalue weighted by Crippen LogP contribution is 2.42. The lowest BCUT2D eigenvalue weighted by Crippen LogP contribution is -2.49. The van der Waals surface area contributed by atoms with E-state index in [1.807, 2.05) is 10.8 Å². The normalized spacial score (nSPS) is 18.0. The molecule has 2 amide bonds. The Bertz CT molecular complexity index is 1970. The summed E-state index contributed by atoms with van der Waals surface area (Å²) in [6, 6.07) is 7.05. The molecule has 3 heterocycles. The number of piperazine rings is 1. The molecular weight excluding hydrogens is 640 g/mol. The summed E-state index contributed by atoms with van der Waals surface area (Å²) in [4.78, 5) is 23.0. The zero-order chi connectivity index (χ0) is 33.1. The van der Waals surface area contributed by atoms with Crippen molar-refractivity contribution in [2.24, 2.45) is 0 Å². The molecule has 2 saturated carbocycles. The highest BCUT2D eigenvalue weighted by Gasteiger charge is 2.41. The van der Waals surface area contributed by atoms with E-state index in [0.29, 0.717) is 48.1 Å². The lowest BCUT2D eigenvalue weighted by Gasteiger charge is -2.34. The Morgan fingerprint density at radius 1 is 0.979 bits per heavy atom. The number of sulfonamides is 1. The Morgan fingerprint density at radius 3 is 2.38 bits per heavy atom. The predicted molar refractivity (Wildman–Crippen MR) is 168 cm³/mol. The third-order valence-electron chi connectivity index (χ3n) is 8.81. The number of halogens is 4. The Kier molecular flexibility index (Phi) is 7.83. The van der Waals surface area contributed by atoms with Gasteiger partial charge in [-0.2, -0.15) is 17.5 Å². The first kappa shape index (κ1) is 31.3. The molecule has 4 aromatic rings. The first-order chi connectivity index (χ1) is 22.4. The second kappa shape index (κ2) is 11.8. The van der Waals surface area contributed by atoms with Gasteiger partial charge in [0.05, 0.1) is 21.9 Å². The van der Waals surface area contributed by atoms with Crippen LogP contribution in [-0.4, -0.2) is 69.6 Å². The summed E-state index contributed by atoms with van der Waals surface area (Å²) >= 11 is 0. The summed E-state index contributed by atoms with van der Waals surface area (Å²) in [5.41, 5.74) is 6.72. The molecule has 47 heavy (non-hydrogen) atoms. The number of anilines is 3. The summed E-state index contributed by atoms with van der Waals surface area (Å²) in [5.74, 6) is -0.491. The summed E-state index contributed by atoms with van der Waals surface area (Å²) in [6.07, 6.45) is 1.83. The maximum Gasteiger partial charge on any atom is 0.416 e. The number of benzene rings is 2. The molecule has 2 aromatic carbocycles. The summed E-state index contributed by atoms with van der Waals surface area (Å²) < 4.78 is 85.9. The van der Waals surface area contributed by atoms with Gasteiger partial charge in [0.2, 0.25) is 10.0 Å². The third kappa shape index (κ3) is 6.36. The van der Waals surface area contributed by atoms with Gasteiger partial charge in [0.25, 0.3) is 0 Å². The number of carbonyl (C=O) groups excluding carboxylic acids is 1. The fourth-order valence-corrected chi connectivity index (χ4v) is 7.87. The first-order valence-corrected chi connectivity index (χ1v) is 16.8. The van der Waals surface area contributed by atoms with Gasteiger partial charge in [-0.3, -0.25) is 4.90 Å². The van der Waals surface area contributed by atoms with Crippen molar-refractivity contribution in [2.45, 2.75) is 49.7 Å². The van der Waals surface area contributed by atoms with Gasteiger partial charge < -0.3 is 20.9 Å². The van der Waals surface area contributed by atoms with Crippen molar-refractivity contribution in [1.82, 2.24) is 23.7 Å². The van der Waals surface area contributed by atoms with Crippen LogP contribution in [0.25, 0.3) is 22.2 Å². The SMILES string of the molecule is Nc1ncnc2c1c(-c1ccc(NC(=O)Nc3ccc(CN4CCN(S(=O)(=O)C5CC5)CC4)c(C(F)(F)F)c3)c(F)c1)cn2C1CC1. The Labute approximate surface area is 267 Å². The average molecular weight is 673 g/mol. The molecule has 4 N–H and O–H groups in total. The van der Waals surface area contributed by atoms with Crippen LogP contribution in [0.2, 0.25) is 0 Å². The zero-order valence-corrected chi connectivity index (χ0v) is 25.9. The van der Waals surface area contributed by atoms with Crippen molar-refractivity contribution < 1.29 is 30.8 Å². The molecule has 3 aliphatic rings. The van der Waals surface area contributed by atoms with E-state index >= 15 is 4.39 Å². The van der Waals surface area contributed by atoms with Crippen molar-refractivity contribution in [1.29, 1.82) is 0 Å². The quantitative estimate of drug-likeness (QED) is 0.212. The first-order valence-electron chi connectivity index (χ1n) is 15.3. The molecule has 2 aliphatic carbocycles. The minimum atomic E-state index is -4.71. The van der Waals surface area contributed by atoms with Crippen LogP contribution in [0.4, 0.5) is 39.5 Å². The van der Waals surface area contributed by atoms with Gasteiger partial charge in [-0.25, -0.2) is 27.6 Å². The molecule has 0 radical (unpaired) electrons. The van der Waals surface area contributed by atoms with Gasteiger partial charge in [-0.1, -0.05) is 12.1 Å². The summed E-state index contributed by atoms with van der Waals surface area (Å²) in [7, 11) is -3.34. The fraction of sp³-hybridized carbons (Fsp3) is 0.387. The number of nitrogens with one attached hydrogen (secondary N) is 2. The second-order valence-corrected chi connectivity index (χ2v) is 14.4. The minimum absolute atomic E-state index is 0.00216. The molecule has 7 rings (SSSR count). The van der Waals surface area contributed by atoms with Crippen molar-refractivity contribution in [3.63, 3.8) is 0 Å². The van der Waals surface area contributed by atoms with E-state index in [1.165, 1.54) is 34.9 Å². The lowest BCUT2D eigenvalue weighted by atomic mass is 10.0. The number of rotatable bonds is 8. The van der Waals surface area contributed by atoms with Gasteiger partial charge >= 0.3 is 12.2 Å². The van der Waals surface area contributed by atoms with Crippen LogP contribution >= 0.6 is 0 Å². The van der Waals surface area contributed by atoms with E-state index in [1.54, 1.807) is 11.0 Å².